The van der Waals surface area contributed by atoms with Crippen LogP contribution in [0.25, 0.3) is 0 Å². The van der Waals surface area contributed by atoms with Crippen LogP contribution in [0, 0.1) is 27.9 Å². The van der Waals surface area contributed by atoms with Crippen LogP contribution in [0.1, 0.15) is 31.2 Å². The molecule has 1 aromatic carbocycles. The molecule has 2 aliphatic carbocycles. The van der Waals surface area contributed by atoms with Crippen LogP contribution < -0.4 is 4.90 Å². The molecule has 0 saturated heterocycles. The molecule has 2 aliphatic rings. The van der Waals surface area contributed by atoms with Crippen LogP contribution in [0.2, 0.25) is 0 Å². The van der Waals surface area contributed by atoms with Gasteiger partial charge in [0.15, 0.2) is 0 Å². The maximum absolute atomic E-state index is 10.9. The Kier molecular flexibility index (Phi) is 4.07. The molecule has 2 bridgehead atoms. The Morgan fingerprint density at radius 3 is 2.76 bits per heavy atom. The van der Waals surface area contributed by atoms with Crippen LogP contribution in [0.15, 0.2) is 18.2 Å². The molecule has 0 aliphatic heterocycles. The molecule has 0 radical (unpaired) electrons. The van der Waals surface area contributed by atoms with Crippen LogP contribution in [-0.2, 0) is 5.88 Å². The van der Waals surface area contributed by atoms with Crippen molar-refractivity contribution >= 4 is 23.0 Å². The standard InChI is InChI=1S/C16H21ClN2O2/c1-18(10-14-7-11-2-3-12(14)6-11)16-5-4-15(19(20)21)8-13(16)9-17/h4-5,8,11-12,14H,2-3,6-7,9-10H2,1H3. The minimum Gasteiger partial charge on any atom is -0.374 e. The average Bonchev–Trinajstić information content (AvgIpc) is 3.08. The highest BCUT2D eigenvalue weighted by Crippen LogP contribution is 2.48. The first-order valence-electron chi connectivity index (χ1n) is 7.63. The van der Waals surface area contributed by atoms with E-state index >= 15 is 0 Å². The Morgan fingerprint density at radius 1 is 1.38 bits per heavy atom. The number of nitro benzene ring substituents is 1. The molecule has 3 unspecified atom stereocenters. The first-order chi connectivity index (χ1) is 10.1. The number of hydrogen-bond acceptors (Lipinski definition) is 3. The summed E-state index contributed by atoms with van der Waals surface area (Å²) in [6.07, 6.45) is 5.54. The largest absolute Gasteiger partial charge is 0.374 e. The Labute approximate surface area is 130 Å². The molecule has 3 atom stereocenters. The molecular formula is C16H21ClN2O2. The van der Waals surface area contributed by atoms with Gasteiger partial charge in [0.2, 0.25) is 0 Å². The summed E-state index contributed by atoms with van der Waals surface area (Å²) in [5.41, 5.74) is 1.98. The second kappa shape index (κ2) is 5.84. The van der Waals surface area contributed by atoms with Gasteiger partial charge in [-0.25, -0.2) is 0 Å². The second-order valence-electron chi connectivity index (χ2n) is 6.52. The molecule has 4 nitrogen and oxygen atoms in total. The van der Waals surface area contributed by atoms with Gasteiger partial charge in [-0.3, -0.25) is 10.1 Å². The van der Waals surface area contributed by atoms with Gasteiger partial charge < -0.3 is 4.90 Å². The lowest BCUT2D eigenvalue weighted by Gasteiger charge is -2.29. The number of alkyl halides is 1. The lowest BCUT2D eigenvalue weighted by atomic mass is 9.88. The lowest BCUT2D eigenvalue weighted by Crippen LogP contribution is -2.29. The summed E-state index contributed by atoms with van der Waals surface area (Å²) in [5, 5.41) is 10.9. The molecule has 0 amide bonds. The summed E-state index contributed by atoms with van der Waals surface area (Å²) in [7, 11) is 2.07. The number of nitro groups is 1. The monoisotopic (exact) mass is 308 g/mol. The second-order valence-corrected chi connectivity index (χ2v) is 6.79. The zero-order valence-corrected chi connectivity index (χ0v) is 13.1. The molecule has 2 saturated carbocycles. The van der Waals surface area contributed by atoms with Crippen molar-refractivity contribution in [1.29, 1.82) is 0 Å². The average molecular weight is 309 g/mol. The van der Waals surface area contributed by atoms with Gasteiger partial charge in [-0.05, 0) is 48.6 Å². The number of benzene rings is 1. The summed E-state index contributed by atoms with van der Waals surface area (Å²) in [6, 6.07) is 5.01. The van der Waals surface area contributed by atoms with Gasteiger partial charge in [0.05, 0.1) is 4.92 Å². The molecule has 114 valence electrons. The van der Waals surface area contributed by atoms with Crippen molar-refractivity contribution in [2.24, 2.45) is 17.8 Å². The molecule has 0 aromatic heterocycles. The molecule has 3 rings (SSSR count). The molecule has 0 spiro atoms. The van der Waals surface area contributed by atoms with Gasteiger partial charge in [0.25, 0.3) is 5.69 Å². The number of rotatable bonds is 5. The van der Waals surface area contributed by atoms with E-state index in [2.05, 4.69) is 11.9 Å². The fourth-order valence-corrected chi connectivity index (χ4v) is 4.43. The zero-order valence-electron chi connectivity index (χ0n) is 12.3. The van der Waals surface area contributed by atoms with E-state index in [0.29, 0.717) is 5.88 Å². The number of non-ortho nitro benzene ring substituents is 1. The van der Waals surface area contributed by atoms with Crippen LogP contribution >= 0.6 is 11.6 Å². The Bertz CT molecular complexity index is 549. The molecular weight excluding hydrogens is 288 g/mol. The van der Waals surface area contributed by atoms with E-state index in [9.17, 15) is 10.1 Å². The van der Waals surface area contributed by atoms with Gasteiger partial charge >= 0.3 is 0 Å². The van der Waals surface area contributed by atoms with Crippen molar-refractivity contribution in [1.82, 2.24) is 0 Å². The molecule has 21 heavy (non-hydrogen) atoms. The van der Waals surface area contributed by atoms with Gasteiger partial charge in [0.1, 0.15) is 0 Å². The van der Waals surface area contributed by atoms with Gasteiger partial charge in [-0.2, -0.15) is 0 Å². The number of halogens is 1. The highest BCUT2D eigenvalue weighted by molar-refractivity contribution is 6.17. The predicted molar refractivity (Wildman–Crippen MR) is 84.9 cm³/mol. The zero-order chi connectivity index (χ0) is 15.0. The van der Waals surface area contributed by atoms with E-state index in [1.165, 1.54) is 25.7 Å². The summed E-state index contributed by atoms with van der Waals surface area (Å²) >= 11 is 5.98. The fraction of sp³-hybridized carbons (Fsp3) is 0.625. The maximum atomic E-state index is 10.9. The molecule has 2 fully saturated rings. The number of fused-ring (bicyclic) bond motifs is 2. The van der Waals surface area contributed by atoms with Crippen molar-refractivity contribution < 1.29 is 4.92 Å². The van der Waals surface area contributed by atoms with Crippen molar-refractivity contribution in [3.05, 3.63) is 33.9 Å². The van der Waals surface area contributed by atoms with E-state index in [1.807, 2.05) is 6.07 Å². The third-order valence-electron chi connectivity index (χ3n) is 5.22. The molecule has 0 heterocycles. The maximum Gasteiger partial charge on any atom is 0.269 e. The third-order valence-corrected chi connectivity index (χ3v) is 5.51. The summed E-state index contributed by atoms with van der Waals surface area (Å²) in [4.78, 5) is 12.7. The van der Waals surface area contributed by atoms with Crippen LogP contribution in [0.5, 0.6) is 0 Å². The van der Waals surface area contributed by atoms with Crippen molar-refractivity contribution in [2.75, 3.05) is 18.5 Å². The summed E-state index contributed by atoms with van der Waals surface area (Å²) < 4.78 is 0. The smallest absolute Gasteiger partial charge is 0.269 e. The van der Waals surface area contributed by atoms with E-state index in [1.54, 1.807) is 12.1 Å². The normalized spacial score (nSPS) is 27.0. The Balaban J connectivity index is 1.74. The molecule has 0 N–H and O–H groups in total. The number of anilines is 1. The first-order valence-corrected chi connectivity index (χ1v) is 8.16. The minimum atomic E-state index is -0.365. The highest BCUT2D eigenvalue weighted by atomic mass is 35.5. The predicted octanol–water partition coefficient (Wildman–Crippen LogP) is 4.21. The minimum absolute atomic E-state index is 0.114. The number of hydrogen-bond donors (Lipinski definition) is 0. The number of nitrogens with zero attached hydrogens (tertiary/aromatic N) is 2. The topological polar surface area (TPSA) is 46.4 Å². The summed E-state index contributed by atoms with van der Waals surface area (Å²) in [5.74, 6) is 2.90. The first kappa shape index (κ1) is 14.6. The van der Waals surface area contributed by atoms with E-state index in [0.717, 1.165) is 35.5 Å². The third kappa shape index (κ3) is 2.86. The van der Waals surface area contributed by atoms with Crippen molar-refractivity contribution in [3.8, 4) is 0 Å². The van der Waals surface area contributed by atoms with E-state index in [4.69, 9.17) is 11.6 Å². The van der Waals surface area contributed by atoms with E-state index in [-0.39, 0.29) is 10.6 Å². The Morgan fingerprint density at radius 2 is 2.19 bits per heavy atom. The fourth-order valence-electron chi connectivity index (χ4n) is 4.22. The van der Waals surface area contributed by atoms with E-state index < -0.39 is 0 Å². The van der Waals surface area contributed by atoms with Crippen LogP contribution in [0.3, 0.4) is 0 Å². The molecule has 1 aromatic rings. The van der Waals surface area contributed by atoms with Gasteiger partial charge in [-0.15, -0.1) is 11.6 Å². The molecule has 5 heteroatoms. The van der Waals surface area contributed by atoms with Crippen LogP contribution in [0.4, 0.5) is 11.4 Å². The Hall–Kier alpha value is -1.29. The highest BCUT2D eigenvalue weighted by Gasteiger charge is 2.39. The quantitative estimate of drug-likeness (QED) is 0.465. The van der Waals surface area contributed by atoms with Crippen molar-refractivity contribution in [3.63, 3.8) is 0 Å². The SMILES string of the molecule is CN(CC1CC2CCC1C2)c1ccc([N+](=O)[O-])cc1CCl. The van der Waals surface area contributed by atoms with Crippen LogP contribution in [-0.4, -0.2) is 18.5 Å². The summed E-state index contributed by atoms with van der Waals surface area (Å²) in [6.45, 7) is 1.03. The van der Waals surface area contributed by atoms with Gasteiger partial charge in [-0.1, -0.05) is 6.42 Å². The van der Waals surface area contributed by atoms with Gasteiger partial charge in [0, 0.05) is 37.3 Å². The van der Waals surface area contributed by atoms with Crippen molar-refractivity contribution in [2.45, 2.75) is 31.6 Å². The lowest BCUT2D eigenvalue weighted by molar-refractivity contribution is -0.384.